The summed E-state index contributed by atoms with van der Waals surface area (Å²) in [5, 5.41) is 9.06. The van der Waals surface area contributed by atoms with Crippen molar-refractivity contribution < 1.29 is 14.7 Å². The maximum absolute atomic E-state index is 12.1. The van der Waals surface area contributed by atoms with E-state index in [0.717, 1.165) is 16.9 Å². The highest BCUT2D eigenvalue weighted by Crippen LogP contribution is 2.24. The molecule has 0 spiro atoms. The third-order valence-electron chi connectivity index (χ3n) is 3.30. The fraction of sp³-hybridized carbons (Fsp3) is 0.429. The zero-order chi connectivity index (χ0) is 13.8. The number of aliphatic carboxylic acids is 1. The second kappa shape index (κ2) is 6.10. The van der Waals surface area contributed by atoms with E-state index in [1.807, 2.05) is 31.2 Å². The quantitative estimate of drug-likeness (QED) is 0.858. The van der Waals surface area contributed by atoms with Crippen molar-refractivity contribution in [2.75, 3.05) is 12.3 Å². The largest absolute Gasteiger partial charge is 0.480 e. The zero-order valence-electron chi connectivity index (χ0n) is 10.8. The molecule has 1 fully saturated rings. The molecule has 1 N–H and O–H groups in total. The van der Waals surface area contributed by atoms with Crippen LogP contribution in [0.5, 0.6) is 0 Å². The minimum absolute atomic E-state index is 0.0850. The van der Waals surface area contributed by atoms with E-state index < -0.39 is 12.0 Å². The molecule has 1 heterocycles. The molecule has 1 aliphatic rings. The predicted octanol–water partition coefficient (Wildman–Crippen LogP) is 2.16. The minimum Gasteiger partial charge on any atom is -0.480 e. The van der Waals surface area contributed by atoms with E-state index in [1.165, 1.54) is 16.7 Å². The number of amides is 1. The van der Waals surface area contributed by atoms with Gasteiger partial charge in [0.2, 0.25) is 5.91 Å². The summed E-state index contributed by atoms with van der Waals surface area (Å²) >= 11 is 1.47. The fourth-order valence-electron chi connectivity index (χ4n) is 2.26. The van der Waals surface area contributed by atoms with Crippen LogP contribution in [0.1, 0.15) is 18.4 Å². The molecule has 1 amide bonds. The lowest BCUT2D eigenvalue weighted by Gasteiger charge is -2.21. The first-order valence-corrected chi connectivity index (χ1v) is 7.29. The van der Waals surface area contributed by atoms with Crippen molar-refractivity contribution in [2.45, 2.75) is 30.7 Å². The van der Waals surface area contributed by atoms with E-state index in [9.17, 15) is 9.59 Å². The molecule has 1 aromatic carbocycles. The number of carboxylic acid groups (broad SMARTS) is 1. The van der Waals surface area contributed by atoms with Gasteiger partial charge in [-0.2, -0.15) is 0 Å². The number of aryl methyl sites for hydroxylation is 1. The van der Waals surface area contributed by atoms with Gasteiger partial charge in [0.25, 0.3) is 0 Å². The molecule has 1 atom stereocenters. The van der Waals surface area contributed by atoms with Crippen LogP contribution in [0.3, 0.4) is 0 Å². The van der Waals surface area contributed by atoms with Gasteiger partial charge in [0.05, 0.1) is 5.75 Å². The monoisotopic (exact) mass is 279 g/mol. The number of hydrogen-bond acceptors (Lipinski definition) is 3. The second-order valence-electron chi connectivity index (χ2n) is 4.64. The molecule has 102 valence electrons. The number of benzene rings is 1. The standard InChI is InChI=1S/C14H17NO3S/c1-10-5-2-3-7-12(10)19-9-13(16)15-8-4-6-11(15)14(17)18/h2-3,5,7,11H,4,6,8-9H2,1H3,(H,17,18)/t11-/m1/s1. The Balaban J connectivity index is 1.95. The fourth-order valence-corrected chi connectivity index (χ4v) is 3.18. The summed E-state index contributed by atoms with van der Waals surface area (Å²) in [7, 11) is 0. The predicted molar refractivity (Wildman–Crippen MR) is 74.3 cm³/mol. The van der Waals surface area contributed by atoms with Crippen molar-refractivity contribution in [1.82, 2.24) is 4.90 Å². The number of rotatable bonds is 4. The Labute approximate surface area is 116 Å². The van der Waals surface area contributed by atoms with Gasteiger partial charge in [0.1, 0.15) is 6.04 Å². The molecule has 5 heteroatoms. The highest BCUT2D eigenvalue weighted by molar-refractivity contribution is 8.00. The van der Waals surface area contributed by atoms with Gasteiger partial charge >= 0.3 is 5.97 Å². The highest BCUT2D eigenvalue weighted by Gasteiger charge is 2.33. The first kappa shape index (κ1) is 13.9. The van der Waals surface area contributed by atoms with Crippen LogP contribution in [0, 0.1) is 6.92 Å². The van der Waals surface area contributed by atoms with E-state index in [4.69, 9.17) is 5.11 Å². The molecule has 4 nitrogen and oxygen atoms in total. The molecule has 0 unspecified atom stereocenters. The lowest BCUT2D eigenvalue weighted by Crippen LogP contribution is -2.41. The molecule has 0 radical (unpaired) electrons. The topological polar surface area (TPSA) is 57.6 Å². The Morgan fingerprint density at radius 3 is 2.84 bits per heavy atom. The molecule has 0 bridgehead atoms. The third kappa shape index (κ3) is 3.29. The lowest BCUT2D eigenvalue weighted by atomic mass is 10.2. The van der Waals surface area contributed by atoms with Crippen LogP contribution in [0.2, 0.25) is 0 Å². The number of carbonyl (C=O) groups is 2. The van der Waals surface area contributed by atoms with Crippen LogP contribution in [-0.4, -0.2) is 40.2 Å². The van der Waals surface area contributed by atoms with E-state index in [2.05, 4.69) is 0 Å². The molecule has 0 aromatic heterocycles. The van der Waals surface area contributed by atoms with Crippen LogP contribution in [0.25, 0.3) is 0 Å². The van der Waals surface area contributed by atoms with Gasteiger partial charge in [-0.25, -0.2) is 4.79 Å². The SMILES string of the molecule is Cc1ccccc1SCC(=O)N1CCC[C@@H]1C(=O)O. The van der Waals surface area contributed by atoms with Crippen LogP contribution in [0.4, 0.5) is 0 Å². The van der Waals surface area contributed by atoms with Crippen LogP contribution in [-0.2, 0) is 9.59 Å². The van der Waals surface area contributed by atoms with Crippen molar-refractivity contribution in [3.05, 3.63) is 29.8 Å². The van der Waals surface area contributed by atoms with Crippen molar-refractivity contribution >= 4 is 23.6 Å². The molecule has 2 rings (SSSR count). The molecular formula is C14H17NO3S. The lowest BCUT2D eigenvalue weighted by molar-refractivity contribution is -0.147. The summed E-state index contributed by atoms with van der Waals surface area (Å²) in [6.45, 7) is 2.56. The Bertz CT molecular complexity index is 489. The highest BCUT2D eigenvalue weighted by atomic mass is 32.2. The molecular weight excluding hydrogens is 262 g/mol. The summed E-state index contributed by atoms with van der Waals surface area (Å²) in [5.41, 5.74) is 1.14. The number of nitrogens with zero attached hydrogens (tertiary/aromatic N) is 1. The van der Waals surface area contributed by atoms with Gasteiger partial charge in [-0.3, -0.25) is 4.79 Å². The van der Waals surface area contributed by atoms with Crippen molar-refractivity contribution in [2.24, 2.45) is 0 Å². The Morgan fingerprint density at radius 1 is 1.42 bits per heavy atom. The molecule has 1 aromatic rings. The summed E-state index contributed by atoms with van der Waals surface area (Å²) in [5.74, 6) is -0.681. The number of thioether (sulfide) groups is 1. The number of carbonyl (C=O) groups excluding carboxylic acids is 1. The third-order valence-corrected chi connectivity index (χ3v) is 4.46. The summed E-state index contributed by atoms with van der Waals surface area (Å²) in [6.07, 6.45) is 1.34. The Hall–Kier alpha value is -1.49. The average Bonchev–Trinajstić information content (AvgIpc) is 2.87. The van der Waals surface area contributed by atoms with Crippen LogP contribution in [0.15, 0.2) is 29.2 Å². The molecule has 0 aliphatic carbocycles. The normalized spacial score (nSPS) is 18.6. The first-order chi connectivity index (χ1) is 9.09. The number of likely N-dealkylation sites (tertiary alicyclic amines) is 1. The maximum Gasteiger partial charge on any atom is 0.326 e. The average molecular weight is 279 g/mol. The smallest absolute Gasteiger partial charge is 0.326 e. The van der Waals surface area contributed by atoms with Crippen molar-refractivity contribution in [3.8, 4) is 0 Å². The Kier molecular flexibility index (Phi) is 4.47. The van der Waals surface area contributed by atoms with Gasteiger partial charge in [-0.05, 0) is 31.4 Å². The maximum atomic E-state index is 12.1. The molecule has 1 saturated heterocycles. The number of carboxylic acids is 1. The van der Waals surface area contributed by atoms with Crippen LogP contribution < -0.4 is 0 Å². The van der Waals surface area contributed by atoms with Crippen molar-refractivity contribution in [1.29, 1.82) is 0 Å². The summed E-state index contributed by atoms with van der Waals surface area (Å²) in [4.78, 5) is 25.7. The van der Waals surface area contributed by atoms with Gasteiger partial charge in [-0.1, -0.05) is 18.2 Å². The first-order valence-electron chi connectivity index (χ1n) is 6.30. The van der Waals surface area contributed by atoms with E-state index in [-0.39, 0.29) is 5.91 Å². The summed E-state index contributed by atoms with van der Waals surface area (Å²) in [6, 6.07) is 7.25. The van der Waals surface area contributed by atoms with Gasteiger partial charge in [0, 0.05) is 11.4 Å². The van der Waals surface area contributed by atoms with Crippen LogP contribution >= 0.6 is 11.8 Å². The van der Waals surface area contributed by atoms with E-state index in [0.29, 0.717) is 18.7 Å². The summed E-state index contributed by atoms with van der Waals surface area (Å²) < 4.78 is 0. The molecule has 19 heavy (non-hydrogen) atoms. The minimum atomic E-state index is -0.897. The zero-order valence-corrected chi connectivity index (χ0v) is 11.7. The van der Waals surface area contributed by atoms with E-state index in [1.54, 1.807) is 0 Å². The molecule has 1 aliphatic heterocycles. The van der Waals surface area contributed by atoms with Gasteiger partial charge in [0.15, 0.2) is 0 Å². The van der Waals surface area contributed by atoms with Gasteiger partial charge < -0.3 is 10.0 Å². The van der Waals surface area contributed by atoms with Gasteiger partial charge in [-0.15, -0.1) is 11.8 Å². The Morgan fingerprint density at radius 2 is 2.16 bits per heavy atom. The number of hydrogen-bond donors (Lipinski definition) is 1. The second-order valence-corrected chi connectivity index (χ2v) is 5.65. The molecule has 0 saturated carbocycles. The van der Waals surface area contributed by atoms with Crippen molar-refractivity contribution in [3.63, 3.8) is 0 Å². The van der Waals surface area contributed by atoms with E-state index >= 15 is 0 Å².